The molecule has 0 spiro atoms. The summed E-state index contributed by atoms with van der Waals surface area (Å²) in [4.78, 5) is 0.234. The van der Waals surface area contributed by atoms with Crippen LogP contribution < -0.4 is 4.72 Å². The SMILES string of the molecule is Cc1cccc(S(=O)(=O)NCCCN2CCCCS2(=O)=O)c1. The molecule has 0 bridgehead atoms. The molecule has 0 unspecified atom stereocenters. The van der Waals surface area contributed by atoms with E-state index in [4.69, 9.17) is 0 Å². The number of hydrogen-bond acceptors (Lipinski definition) is 4. The monoisotopic (exact) mass is 346 g/mol. The lowest BCUT2D eigenvalue weighted by Gasteiger charge is -2.26. The van der Waals surface area contributed by atoms with E-state index < -0.39 is 20.0 Å². The van der Waals surface area contributed by atoms with Crippen molar-refractivity contribution in [2.75, 3.05) is 25.4 Å². The summed E-state index contributed by atoms with van der Waals surface area (Å²) >= 11 is 0. The Morgan fingerprint density at radius 1 is 1.27 bits per heavy atom. The second-order valence-electron chi connectivity index (χ2n) is 5.49. The molecule has 0 aliphatic carbocycles. The third-order valence-corrected chi connectivity index (χ3v) is 7.04. The van der Waals surface area contributed by atoms with Crippen LogP contribution in [0.4, 0.5) is 0 Å². The van der Waals surface area contributed by atoms with E-state index in [-0.39, 0.29) is 17.2 Å². The van der Waals surface area contributed by atoms with Gasteiger partial charge in [0.1, 0.15) is 0 Å². The Balaban J connectivity index is 1.86. The first-order valence-corrected chi connectivity index (χ1v) is 10.4. The van der Waals surface area contributed by atoms with Gasteiger partial charge in [-0.15, -0.1) is 0 Å². The van der Waals surface area contributed by atoms with E-state index in [1.807, 2.05) is 13.0 Å². The summed E-state index contributed by atoms with van der Waals surface area (Å²) in [5.74, 6) is 0.196. The molecule has 2 rings (SSSR count). The van der Waals surface area contributed by atoms with Crippen LogP contribution in [0.15, 0.2) is 29.2 Å². The van der Waals surface area contributed by atoms with E-state index in [9.17, 15) is 16.8 Å². The summed E-state index contributed by atoms with van der Waals surface area (Å²) in [6.45, 7) is 2.95. The van der Waals surface area contributed by atoms with Crippen molar-refractivity contribution in [3.63, 3.8) is 0 Å². The van der Waals surface area contributed by atoms with E-state index in [0.29, 0.717) is 25.9 Å². The highest BCUT2D eigenvalue weighted by molar-refractivity contribution is 7.89. The maximum absolute atomic E-state index is 12.1. The zero-order valence-electron chi connectivity index (χ0n) is 12.7. The average Bonchev–Trinajstić information content (AvgIpc) is 2.44. The Morgan fingerprint density at radius 2 is 2.05 bits per heavy atom. The Morgan fingerprint density at radius 3 is 2.73 bits per heavy atom. The summed E-state index contributed by atoms with van der Waals surface area (Å²) in [6, 6.07) is 6.69. The molecule has 1 aliphatic rings. The number of sulfonamides is 2. The molecule has 124 valence electrons. The summed E-state index contributed by atoms with van der Waals surface area (Å²) < 4.78 is 51.9. The van der Waals surface area contributed by atoms with Crippen LogP contribution in [0.3, 0.4) is 0 Å². The smallest absolute Gasteiger partial charge is 0.212 e. The summed E-state index contributed by atoms with van der Waals surface area (Å²) in [5, 5.41) is 0. The molecule has 1 aromatic rings. The highest BCUT2D eigenvalue weighted by Crippen LogP contribution is 2.14. The number of nitrogens with one attached hydrogen (secondary N) is 1. The van der Waals surface area contributed by atoms with Crippen LogP contribution in [-0.2, 0) is 20.0 Å². The minimum Gasteiger partial charge on any atom is -0.212 e. The number of hydrogen-bond donors (Lipinski definition) is 1. The van der Waals surface area contributed by atoms with Gasteiger partial charge in [-0.1, -0.05) is 12.1 Å². The first-order valence-electron chi connectivity index (χ1n) is 7.35. The van der Waals surface area contributed by atoms with Crippen molar-refractivity contribution in [2.24, 2.45) is 0 Å². The molecular weight excluding hydrogens is 324 g/mol. The zero-order valence-corrected chi connectivity index (χ0v) is 14.3. The van der Waals surface area contributed by atoms with Gasteiger partial charge in [0.15, 0.2) is 0 Å². The molecule has 1 saturated heterocycles. The Labute approximate surface area is 132 Å². The van der Waals surface area contributed by atoms with Crippen LogP contribution in [0.5, 0.6) is 0 Å². The van der Waals surface area contributed by atoms with Gasteiger partial charge in [0, 0.05) is 19.6 Å². The molecule has 1 heterocycles. The number of benzene rings is 1. The Bertz CT molecular complexity index is 714. The van der Waals surface area contributed by atoms with Crippen molar-refractivity contribution in [3.8, 4) is 0 Å². The van der Waals surface area contributed by atoms with Crippen molar-refractivity contribution in [2.45, 2.75) is 31.1 Å². The molecule has 0 atom stereocenters. The third kappa shape index (κ3) is 4.52. The predicted molar refractivity (Wildman–Crippen MR) is 85.6 cm³/mol. The second-order valence-corrected chi connectivity index (χ2v) is 9.35. The van der Waals surface area contributed by atoms with Crippen LogP contribution in [0.25, 0.3) is 0 Å². The first kappa shape index (κ1) is 17.4. The normalized spacial score (nSPS) is 19.1. The highest BCUT2D eigenvalue weighted by Gasteiger charge is 2.25. The molecule has 1 N–H and O–H groups in total. The molecule has 0 saturated carbocycles. The van der Waals surface area contributed by atoms with Crippen LogP contribution in [0.1, 0.15) is 24.8 Å². The summed E-state index contributed by atoms with van der Waals surface area (Å²) in [7, 11) is -6.67. The fourth-order valence-electron chi connectivity index (χ4n) is 2.42. The zero-order chi connectivity index (χ0) is 16.2. The van der Waals surface area contributed by atoms with Gasteiger partial charge in [0.05, 0.1) is 10.6 Å². The van der Waals surface area contributed by atoms with E-state index in [1.54, 1.807) is 18.2 Å². The molecule has 6 nitrogen and oxygen atoms in total. The van der Waals surface area contributed by atoms with Crippen LogP contribution in [-0.4, -0.2) is 46.5 Å². The Hall–Kier alpha value is -0.960. The highest BCUT2D eigenvalue weighted by atomic mass is 32.2. The van der Waals surface area contributed by atoms with Crippen molar-refractivity contribution in [1.82, 2.24) is 9.03 Å². The van der Waals surface area contributed by atoms with Crippen LogP contribution in [0, 0.1) is 6.92 Å². The average molecular weight is 346 g/mol. The van der Waals surface area contributed by atoms with Crippen molar-refractivity contribution in [1.29, 1.82) is 0 Å². The Kier molecular flexibility index (Phi) is 5.60. The predicted octanol–water partition coefficient (Wildman–Crippen LogP) is 1.09. The van der Waals surface area contributed by atoms with E-state index in [0.717, 1.165) is 12.0 Å². The van der Waals surface area contributed by atoms with Gasteiger partial charge in [-0.25, -0.2) is 25.9 Å². The van der Waals surface area contributed by atoms with Gasteiger partial charge < -0.3 is 0 Å². The maximum atomic E-state index is 12.1. The van der Waals surface area contributed by atoms with Gasteiger partial charge in [0.2, 0.25) is 20.0 Å². The first-order chi connectivity index (χ1) is 10.3. The van der Waals surface area contributed by atoms with Crippen molar-refractivity contribution >= 4 is 20.0 Å². The largest absolute Gasteiger partial charge is 0.240 e. The lowest BCUT2D eigenvalue weighted by molar-refractivity contribution is 0.378. The van der Waals surface area contributed by atoms with Crippen molar-refractivity contribution < 1.29 is 16.8 Å². The summed E-state index contributed by atoms with van der Waals surface area (Å²) in [5.41, 5.74) is 0.877. The standard InChI is InChI=1S/C14H22N2O4S2/c1-13-6-4-7-14(12-13)22(19,20)15-8-5-10-16-9-2-3-11-21(16,17)18/h4,6-7,12,15H,2-3,5,8-11H2,1H3. The minimum absolute atomic E-state index is 0.196. The molecular formula is C14H22N2O4S2. The number of rotatable bonds is 6. The van der Waals surface area contributed by atoms with E-state index >= 15 is 0 Å². The van der Waals surface area contributed by atoms with Gasteiger partial charge in [-0.05, 0) is 43.9 Å². The molecule has 1 fully saturated rings. The van der Waals surface area contributed by atoms with Gasteiger partial charge in [-0.3, -0.25) is 0 Å². The second kappa shape index (κ2) is 7.08. The third-order valence-electron chi connectivity index (χ3n) is 3.63. The molecule has 22 heavy (non-hydrogen) atoms. The molecule has 1 aromatic carbocycles. The van der Waals surface area contributed by atoms with Crippen molar-refractivity contribution in [3.05, 3.63) is 29.8 Å². The number of nitrogens with zero attached hydrogens (tertiary/aromatic N) is 1. The molecule has 8 heteroatoms. The fourth-order valence-corrected chi connectivity index (χ4v) is 5.24. The fraction of sp³-hybridized carbons (Fsp3) is 0.571. The molecule has 0 radical (unpaired) electrons. The maximum Gasteiger partial charge on any atom is 0.240 e. The topological polar surface area (TPSA) is 83.6 Å². The quantitative estimate of drug-likeness (QED) is 0.782. The minimum atomic E-state index is -3.53. The van der Waals surface area contributed by atoms with Crippen LogP contribution in [0.2, 0.25) is 0 Å². The lowest BCUT2D eigenvalue weighted by atomic mass is 10.2. The molecule has 0 amide bonds. The molecule has 0 aromatic heterocycles. The molecule has 1 aliphatic heterocycles. The number of aryl methyl sites for hydroxylation is 1. The summed E-state index contributed by atoms with van der Waals surface area (Å²) in [6.07, 6.45) is 2.04. The lowest BCUT2D eigenvalue weighted by Crippen LogP contribution is -2.39. The van der Waals surface area contributed by atoms with Gasteiger partial charge in [0.25, 0.3) is 0 Å². The van der Waals surface area contributed by atoms with E-state index in [1.165, 1.54) is 4.31 Å². The van der Waals surface area contributed by atoms with E-state index in [2.05, 4.69) is 4.72 Å². The van der Waals surface area contributed by atoms with Crippen LogP contribution >= 0.6 is 0 Å². The van der Waals surface area contributed by atoms with Gasteiger partial charge in [-0.2, -0.15) is 0 Å². The van der Waals surface area contributed by atoms with Gasteiger partial charge >= 0.3 is 0 Å².